The fourth-order valence-electron chi connectivity index (χ4n) is 1.84. The van der Waals surface area contributed by atoms with E-state index in [1.54, 1.807) is 6.92 Å². The van der Waals surface area contributed by atoms with Gasteiger partial charge in [0.2, 0.25) is 5.91 Å². The van der Waals surface area contributed by atoms with E-state index in [0.29, 0.717) is 5.02 Å². The van der Waals surface area contributed by atoms with Crippen molar-refractivity contribution in [2.45, 2.75) is 26.6 Å². The van der Waals surface area contributed by atoms with Crippen molar-refractivity contribution in [1.29, 1.82) is 0 Å². The summed E-state index contributed by atoms with van der Waals surface area (Å²) in [5.41, 5.74) is -1.37. The van der Waals surface area contributed by atoms with Crippen LogP contribution >= 0.6 is 11.6 Å². The van der Waals surface area contributed by atoms with Gasteiger partial charge in [0.05, 0.1) is 35.1 Å². The number of rotatable bonds is 4. The molecular weight excluding hydrogens is 323 g/mol. The molecule has 10 heteroatoms. The van der Waals surface area contributed by atoms with Gasteiger partial charge < -0.3 is 5.32 Å². The quantitative estimate of drug-likeness (QED) is 0.902. The number of hydrogen-bond donors (Lipinski definition) is 2. The van der Waals surface area contributed by atoms with Crippen LogP contribution in [-0.4, -0.2) is 25.9 Å². The van der Waals surface area contributed by atoms with Crippen LogP contribution in [0.15, 0.2) is 12.4 Å². The van der Waals surface area contributed by atoms with Crippen LogP contribution in [0.3, 0.4) is 0 Å². The van der Waals surface area contributed by atoms with Crippen LogP contribution in [-0.2, 0) is 17.5 Å². The summed E-state index contributed by atoms with van der Waals surface area (Å²) >= 11 is 5.71. The monoisotopic (exact) mass is 335 g/mol. The molecule has 0 saturated heterocycles. The number of aromatic amines is 1. The van der Waals surface area contributed by atoms with Crippen molar-refractivity contribution in [1.82, 2.24) is 20.0 Å². The lowest BCUT2D eigenvalue weighted by molar-refractivity contribution is -0.140. The lowest BCUT2D eigenvalue weighted by Crippen LogP contribution is -2.26. The lowest BCUT2D eigenvalue weighted by Gasteiger charge is -2.13. The minimum atomic E-state index is -4.65. The third-order valence-electron chi connectivity index (χ3n) is 2.97. The fraction of sp³-hybridized carbons (Fsp3) is 0.417. The number of anilines is 1. The predicted octanol–water partition coefficient (Wildman–Crippen LogP) is 2.86. The predicted molar refractivity (Wildman–Crippen MR) is 73.4 cm³/mol. The molecule has 2 heterocycles. The van der Waals surface area contributed by atoms with E-state index in [0.717, 1.165) is 0 Å². The number of amides is 1. The van der Waals surface area contributed by atoms with E-state index in [4.69, 9.17) is 11.6 Å². The first-order valence-corrected chi connectivity index (χ1v) is 6.67. The van der Waals surface area contributed by atoms with Gasteiger partial charge in [-0.1, -0.05) is 18.5 Å². The topological polar surface area (TPSA) is 75.6 Å². The van der Waals surface area contributed by atoms with Crippen LogP contribution < -0.4 is 5.32 Å². The first kappa shape index (κ1) is 16.3. The molecule has 0 aliphatic rings. The summed E-state index contributed by atoms with van der Waals surface area (Å²) in [5.74, 6) is -1.17. The van der Waals surface area contributed by atoms with Crippen molar-refractivity contribution in [2.24, 2.45) is 5.92 Å². The zero-order chi connectivity index (χ0) is 16.5. The van der Waals surface area contributed by atoms with Crippen molar-refractivity contribution in [2.75, 3.05) is 5.32 Å². The average Bonchev–Trinajstić information content (AvgIpc) is 2.96. The molecule has 0 aliphatic heterocycles. The first-order chi connectivity index (χ1) is 10.2. The molecule has 6 nitrogen and oxygen atoms in total. The molecule has 2 aromatic heterocycles. The smallest absolute Gasteiger partial charge is 0.322 e. The second-order valence-corrected chi connectivity index (χ2v) is 5.28. The number of aryl methyl sites for hydroxylation is 1. The number of H-pyrrole nitrogens is 1. The maximum Gasteiger partial charge on any atom is 0.437 e. The van der Waals surface area contributed by atoms with Crippen molar-refractivity contribution in [3.05, 3.63) is 28.8 Å². The molecule has 0 spiro atoms. The minimum absolute atomic E-state index is 0.134. The molecule has 0 saturated carbocycles. The largest absolute Gasteiger partial charge is 0.437 e. The number of halogens is 4. The van der Waals surface area contributed by atoms with E-state index in [1.807, 2.05) is 0 Å². The molecule has 1 unspecified atom stereocenters. The normalized spacial score (nSPS) is 13.2. The van der Waals surface area contributed by atoms with E-state index in [2.05, 4.69) is 20.6 Å². The standard InChI is InChI=1S/C12H13ClF3N5O/c1-6(4-21-5-8(13)3-17-21)11(22)18-9-7(2)19-20-10(9)12(14,15)16/h3,5-6H,4H2,1-2H3,(H,18,22)(H,19,20). The Kier molecular flexibility index (Phi) is 4.45. The van der Waals surface area contributed by atoms with Gasteiger partial charge in [-0.25, -0.2) is 0 Å². The SMILES string of the molecule is Cc1[nH]nc(C(F)(F)F)c1NC(=O)C(C)Cn1cc(Cl)cn1. The third-order valence-corrected chi connectivity index (χ3v) is 3.17. The van der Waals surface area contributed by atoms with Gasteiger partial charge in [0.1, 0.15) is 0 Å². The van der Waals surface area contributed by atoms with Gasteiger partial charge in [-0.3, -0.25) is 14.6 Å². The number of nitrogens with one attached hydrogen (secondary N) is 2. The number of carbonyl (C=O) groups is 1. The Morgan fingerprint density at radius 3 is 2.77 bits per heavy atom. The van der Waals surface area contributed by atoms with Gasteiger partial charge in [0.25, 0.3) is 0 Å². The average molecular weight is 336 g/mol. The van der Waals surface area contributed by atoms with E-state index >= 15 is 0 Å². The molecule has 2 rings (SSSR count). The van der Waals surface area contributed by atoms with Gasteiger partial charge in [0, 0.05) is 6.20 Å². The molecule has 0 aliphatic carbocycles. The van der Waals surface area contributed by atoms with Crippen molar-refractivity contribution in [3.63, 3.8) is 0 Å². The Balaban J connectivity index is 2.10. The Labute approximate surface area is 128 Å². The zero-order valence-corrected chi connectivity index (χ0v) is 12.5. The van der Waals surface area contributed by atoms with E-state index < -0.39 is 23.7 Å². The van der Waals surface area contributed by atoms with Crippen LogP contribution in [0.4, 0.5) is 18.9 Å². The number of alkyl halides is 3. The Morgan fingerprint density at radius 2 is 2.23 bits per heavy atom. The number of hydrogen-bond acceptors (Lipinski definition) is 3. The van der Waals surface area contributed by atoms with Crippen molar-refractivity contribution in [3.8, 4) is 0 Å². The minimum Gasteiger partial charge on any atom is -0.322 e. The summed E-state index contributed by atoms with van der Waals surface area (Å²) < 4.78 is 39.8. The highest BCUT2D eigenvalue weighted by Crippen LogP contribution is 2.34. The molecule has 1 amide bonds. The molecule has 0 bridgehead atoms. The third kappa shape index (κ3) is 3.59. The van der Waals surface area contributed by atoms with E-state index in [-0.39, 0.29) is 17.9 Å². The molecular formula is C12H13ClF3N5O. The lowest BCUT2D eigenvalue weighted by atomic mass is 10.1. The number of carbonyl (C=O) groups excluding carboxylic acids is 1. The summed E-state index contributed by atoms with van der Waals surface area (Å²) in [6, 6.07) is 0. The summed E-state index contributed by atoms with van der Waals surface area (Å²) in [4.78, 5) is 12.1. The number of aromatic nitrogens is 4. The molecule has 0 radical (unpaired) electrons. The molecule has 0 fully saturated rings. The van der Waals surface area contributed by atoms with E-state index in [1.165, 1.54) is 24.0 Å². The van der Waals surface area contributed by atoms with Gasteiger partial charge in [0.15, 0.2) is 5.69 Å². The second-order valence-electron chi connectivity index (χ2n) is 4.84. The molecule has 22 heavy (non-hydrogen) atoms. The van der Waals surface area contributed by atoms with Crippen LogP contribution in [0.25, 0.3) is 0 Å². The van der Waals surface area contributed by atoms with Crippen molar-refractivity contribution < 1.29 is 18.0 Å². The highest BCUT2D eigenvalue weighted by molar-refractivity contribution is 6.30. The second kappa shape index (κ2) is 5.99. The van der Waals surface area contributed by atoms with Crippen LogP contribution in [0.2, 0.25) is 5.02 Å². The Bertz CT molecular complexity index is 679. The summed E-state index contributed by atoms with van der Waals surface area (Å²) in [5, 5.41) is 12.0. The summed E-state index contributed by atoms with van der Waals surface area (Å²) in [6.07, 6.45) is -1.71. The van der Waals surface area contributed by atoms with Crippen molar-refractivity contribution >= 4 is 23.2 Å². The fourth-order valence-corrected chi connectivity index (χ4v) is 1.99. The zero-order valence-electron chi connectivity index (χ0n) is 11.7. The van der Waals surface area contributed by atoms with Gasteiger partial charge in [-0.05, 0) is 6.92 Å². The Hall–Kier alpha value is -2.03. The molecule has 2 aromatic rings. The summed E-state index contributed by atoms with van der Waals surface area (Å²) in [7, 11) is 0. The highest BCUT2D eigenvalue weighted by Gasteiger charge is 2.38. The van der Waals surface area contributed by atoms with Gasteiger partial charge in [-0.2, -0.15) is 23.4 Å². The van der Waals surface area contributed by atoms with Crippen LogP contribution in [0.1, 0.15) is 18.3 Å². The maximum absolute atomic E-state index is 12.8. The molecule has 2 N–H and O–H groups in total. The maximum atomic E-state index is 12.8. The highest BCUT2D eigenvalue weighted by atomic mass is 35.5. The van der Waals surface area contributed by atoms with Gasteiger partial charge >= 0.3 is 6.18 Å². The Morgan fingerprint density at radius 1 is 1.55 bits per heavy atom. The molecule has 0 aromatic carbocycles. The first-order valence-electron chi connectivity index (χ1n) is 6.29. The summed E-state index contributed by atoms with van der Waals surface area (Å²) in [6.45, 7) is 3.17. The van der Waals surface area contributed by atoms with E-state index in [9.17, 15) is 18.0 Å². The molecule has 1 atom stereocenters. The van der Waals surface area contributed by atoms with Gasteiger partial charge in [-0.15, -0.1) is 0 Å². The number of nitrogens with zero attached hydrogens (tertiary/aromatic N) is 3. The molecule has 120 valence electrons. The van der Waals surface area contributed by atoms with Crippen LogP contribution in [0.5, 0.6) is 0 Å². The van der Waals surface area contributed by atoms with Crippen LogP contribution in [0, 0.1) is 12.8 Å².